The van der Waals surface area contributed by atoms with Crippen LogP contribution in [0.25, 0.3) is 0 Å². The van der Waals surface area contributed by atoms with Gasteiger partial charge in [-0.2, -0.15) is 0 Å². The number of methoxy groups -OCH3 is 1. The summed E-state index contributed by atoms with van der Waals surface area (Å²) in [7, 11) is 3.65. The summed E-state index contributed by atoms with van der Waals surface area (Å²) >= 11 is 0. The van der Waals surface area contributed by atoms with Crippen LogP contribution in [0, 0.1) is 0 Å². The molecule has 86 valence electrons. The van der Waals surface area contributed by atoms with Crippen molar-refractivity contribution in [1.29, 1.82) is 0 Å². The molecule has 0 atom stereocenters. The summed E-state index contributed by atoms with van der Waals surface area (Å²) < 4.78 is 5.26. The lowest BCUT2D eigenvalue weighted by Crippen LogP contribution is -2.21. The van der Waals surface area contributed by atoms with Gasteiger partial charge >= 0.3 is 0 Å². The fourth-order valence-electron chi connectivity index (χ4n) is 2.26. The lowest BCUT2D eigenvalue weighted by Gasteiger charge is -2.22. The Morgan fingerprint density at radius 1 is 1.38 bits per heavy atom. The van der Waals surface area contributed by atoms with Gasteiger partial charge in [0.05, 0.1) is 12.8 Å². The van der Waals surface area contributed by atoms with E-state index in [9.17, 15) is 0 Å². The molecular weight excluding hydrogens is 200 g/mol. The first-order chi connectivity index (χ1) is 7.39. The quantitative estimate of drug-likeness (QED) is 0.736. The largest absolute Gasteiger partial charge is 0.495 e. The first-order valence-electron chi connectivity index (χ1n) is 5.30. The average molecular weight is 218 g/mol. The second kappa shape index (κ2) is 3.17. The number of rotatable bonds is 1. The third-order valence-electron chi connectivity index (χ3n) is 3.51. The van der Waals surface area contributed by atoms with E-state index in [2.05, 4.69) is 25.3 Å². The van der Waals surface area contributed by atoms with Crippen LogP contribution in [0.15, 0.2) is 24.4 Å². The Hall–Kier alpha value is -1.64. The molecule has 1 aromatic carbocycles. The van der Waals surface area contributed by atoms with Gasteiger partial charge in [-0.15, -0.1) is 0 Å². The van der Waals surface area contributed by atoms with Crippen LogP contribution in [-0.4, -0.2) is 14.2 Å². The lowest BCUT2D eigenvalue weighted by molar-refractivity contribution is 0.416. The van der Waals surface area contributed by atoms with Crippen molar-refractivity contribution in [3.8, 4) is 5.75 Å². The van der Waals surface area contributed by atoms with Gasteiger partial charge in [0, 0.05) is 23.8 Å². The Bertz CT molecular complexity index is 463. The van der Waals surface area contributed by atoms with Crippen LogP contribution in [0.5, 0.6) is 5.75 Å². The number of anilines is 2. The number of hydrogen-bond donors (Lipinski definition) is 1. The van der Waals surface area contributed by atoms with Crippen molar-refractivity contribution in [2.75, 3.05) is 24.8 Å². The first-order valence-corrected chi connectivity index (χ1v) is 5.30. The topological polar surface area (TPSA) is 38.5 Å². The van der Waals surface area contributed by atoms with Crippen LogP contribution in [0.1, 0.15) is 19.4 Å². The zero-order valence-electron chi connectivity index (χ0n) is 10.3. The summed E-state index contributed by atoms with van der Waals surface area (Å²) in [6.07, 6.45) is 0. The van der Waals surface area contributed by atoms with Crippen molar-refractivity contribution in [2.24, 2.45) is 0 Å². The second-order valence-corrected chi connectivity index (χ2v) is 4.74. The molecule has 0 amide bonds. The molecule has 0 saturated heterocycles. The average Bonchev–Trinajstić information content (AvgIpc) is 2.40. The maximum Gasteiger partial charge on any atom is 0.142 e. The molecule has 0 bridgehead atoms. The predicted molar refractivity (Wildman–Crippen MR) is 68.0 cm³/mol. The highest BCUT2D eigenvalue weighted by Crippen LogP contribution is 2.48. The maximum atomic E-state index is 5.92. The number of benzene rings is 1. The van der Waals surface area contributed by atoms with Gasteiger partial charge in [-0.25, -0.2) is 0 Å². The third kappa shape index (κ3) is 1.21. The molecule has 1 aliphatic heterocycles. The van der Waals surface area contributed by atoms with Crippen LogP contribution < -0.4 is 15.4 Å². The Labute approximate surface area is 96.5 Å². The molecule has 0 spiro atoms. The van der Waals surface area contributed by atoms with Gasteiger partial charge in [-0.1, -0.05) is 20.4 Å². The summed E-state index contributed by atoms with van der Waals surface area (Å²) in [5.41, 5.74) is 9.93. The molecule has 0 fully saturated rings. The summed E-state index contributed by atoms with van der Waals surface area (Å²) in [5, 5.41) is 0. The first kappa shape index (κ1) is 10.9. The zero-order valence-corrected chi connectivity index (χ0v) is 10.3. The molecule has 1 heterocycles. The Balaban J connectivity index is 2.69. The van der Waals surface area contributed by atoms with E-state index in [0.29, 0.717) is 5.69 Å². The molecule has 1 aromatic rings. The highest BCUT2D eigenvalue weighted by Gasteiger charge is 2.37. The SMILES string of the molecule is C=C1N(C)c2cc(N)c(OC)cc2C1(C)C. The van der Waals surface area contributed by atoms with E-state index in [1.807, 2.05) is 19.2 Å². The van der Waals surface area contributed by atoms with Gasteiger partial charge in [-0.05, 0) is 17.7 Å². The van der Waals surface area contributed by atoms with Gasteiger partial charge in [0.15, 0.2) is 0 Å². The zero-order chi connectivity index (χ0) is 12.1. The van der Waals surface area contributed by atoms with E-state index >= 15 is 0 Å². The molecule has 0 saturated carbocycles. The van der Waals surface area contributed by atoms with Crippen molar-refractivity contribution in [3.63, 3.8) is 0 Å². The number of nitrogens with two attached hydrogens (primary N) is 1. The summed E-state index contributed by atoms with van der Waals surface area (Å²) in [6.45, 7) is 8.45. The molecule has 0 aliphatic carbocycles. The second-order valence-electron chi connectivity index (χ2n) is 4.74. The van der Waals surface area contributed by atoms with E-state index in [4.69, 9.17) is 10.5 Å². The summed E-state index contributed by atoms with van der Waals surface area (Å²) in [5.74, 6) is 0.731. The molecule has 3 nitrogen and oxygen atoms in total. The van der Waals surface area contributed by atoms with Gasteiger partial charge in [-0.3, -0.25) is 0 Å². The number of likely N-dealkylation sites (N-methyl/N-ethyl adjacent to an activating group) is 1. The Morgan fingerprint density at radius 2 is 2.00 bits per heavy atom. The number of nitrogens with zero attached hydrogens (tertiary/aromatic N) is 1. The minimum absolute atomic E-state index is 0.0644. The maximum absolute atomic E-state index is 5.92. The number of fused-ring (bicyclic) bond motifs is 1. The molecule has 1 aliphatic rings. The van der Waals surface area contributed by atoms with Crippen molar-refractivity contribution in [2.45, 2.75) is 19.3 Å². The lowest BCUT2D eigenvalue weighted by atomic mass is 9.84. The monoisotopic (exact) mass is 218 g/mol. The Morgan fingerprint density at radius 3 is 2.56 bits per heavy atom. The van der Waals surface area contributed by atoms with Crippen molar-refractivity contribution in [1.82, 2.24) is 0 Å². The molecule has 0 unspecified atom stereocenters. The molecule has 3 heteroatoms. The van der Waals surface area contributed by atoms with Crippen LogP contribution in [-0.2, 0) is 5.41 Å². The summed E-state index contributed by atoms with van der Waals surface area (Å²) in [4.78, 5) is 2.09. The number of ether oxygens (including phenoxy) is 1. The third-order valence-corrected chi connectivity index (χ3v) is 3.51. The van der Waals surface area contributed by atoms with Crippen molar-refractivity contribution >= 4 is 11.4 Å². The van der Waals surface area contributed by atoms with Gasteiger partial charge < -0.3 is 15.4 Å². The highest BCUT2D eigenvalue weighted by molar-refractivity contribution is 5.76. The summed E-state index contributed by atoms with van der Waals surface area (Å²) in [6, 6.07) is 3.97. The number of allylic oxidation sites excluding steroid dienone is 1. The van der Waals surface area contributed by atoms with E-state index in [1.54, 1.807) is 7.11 Å². The Kier molecular flexibility index (Phi) is 2.15. The van der Waals surface area contributed by atoms with Gasteiger partial charge in [0.2, 0.25) is 0 Å². The molecule has 2 N–H and O–H groups in total. The smallest absolute Gasteiger partial charge is 0.142 e. The molecule has 0 radical (unpaired) electrons. The minimum atomic E-state index is -0.0644. The van der Waals surface area contributed by atoms with Gasteiger partial charge in [0.25, 0.3) is 0 Å². The fraction of sp³-hybridized carbons (Fsp3) is 0.385. The van der Waals surface area contributed by atoms with Gasteiger partial charge in [0.1, 0.15) is 5.75 Å². The van der Waals surface area contributed by atoms with Crippen LogP contribution in [0.3, 0.4) is 0 Å². The number of nitrogen functional groups attached to an aromatic ring is 1. The van der Waals surface area contributed by atoms with E-state index in [1.165, 1.54) is 5.56 Å². The van der Waals surface area contributed by atoms with Crippen LogP contribution in [0.4, 0.5) is 11.4 Å². The highest BCUT2D eigenvalue weighted by atomic mass is 16.5. The minimum Gasteiger partial charge on any atom is -0.495 e. The van der Waals surface area contributed by atoms with Crippen LogP contribution >= 0.6 is 0 Å². The molecule has 16 heavy (non-hydrogen) atoms. The molecule has 2 rings (SSSR count). The van der Waals surface area contributed by atoms with Crippen LogP contribution in [0.2, 0.25) is 0 Å². The van der Waals surface area contributed by atoms with E-state index < -0.39 is 0 Å². The molecule has 0 aromatic heterocycles. The van der Waals surface area contributed by atoms with Crippen molar-refractivity contribution < 1.29 is 4.74 Å². The standard InChI is InChI=1S/C13H18N2O/c1-8-13(2,3)9-6-12(16-5)10(14)7-11(9)15(8)4/h6-7H,1,14H2,2-5H3. The number of hydrogen-bond acceptors (Lipinski definition) is 3. The molecular formula is C13H18N2O. The van der Waals surface area contributed by atoms with E-state index in [-0.39, 0.29) is 5.41 Å². The van der Waals surface area contributed by atoms with Crippen molar-refractivity contribution in [3.05, 3.63) is 30.0 Å². The van der Waals surface area contributed by atoms with E-state index in [0.717, 1.165) is 17.1 Å². The fourth-order valence-corrected chi connectivity index (χ4v) is 2.26. The normalized spacial score (nSPS) is 17.5. The predicted octanol–water partition coefficient (Wildman–Crippen LogP) is 2.52.